The van der Waals surface area contributed by atoms with Crippen molar-refractivity contribution >= 4 is 27.7 Å². The van der Waals surface area contributed by atoms with Gasteiger partial charge in [0, 0.05) is 22.1 Å². The van der Waals surface area contributed by atoms with E-state index in [0.29, 0.717) is 0 Å². The quantitative estimate of drug-likeness (QED) is 0.557. The number of anilines is 1. The molecule has 3 rings (SSSR count). The van der Waals surface area contributed by atoms with Crippen molar-refractivity contribution in [3.05, 3.63) is 34.3 Å². The first kappa shape index (κ1) is 11.3. The summed E-state index contributed by atoms with van der Waals surface area (Å²) in [6.45, 7) is 0.865. The fourth-order valence-electron chi connectivity index (χ4n) is 2.19. The molecule has 0 spiro atoms. The Hall–Kier alpha value is -1.82. The van der Waals surface area contributed by atoms with Crippen LogP contribution < -0.4 is 11.1 Å². The van der Waals surface area contributed by atoms with Crippen LogP contribution in [-0.2, 0) is 6.42 Å². The van der Waals surface area contributed by atoms with E-state index in [-0.39, 0.29) is 5.96 Å². The van der Waals surface area contributed by atoms with Crippen molar-refractivity contribution in [3.8, 4) is 11.3 Å². The lowest BCUT2D eigenvalue weighted by Gasteiger charge is -2.02. The first-order chi connectivity index (χ1) is 8.66. The summed E-state index contributed by atoms with van der Waals surface area (Å²) in [5.41, 5.74) is 8.61. The summed E-state index contributed by atoms with van der Waals surface area (Å²) in [7, 11) is 0. The van der Waals surface area contributed by atoms with Crippen LogP contribution in [0.1, 0.15) is 5.56 Å². The fraction of sp³-hybridized carbons (Fsp3) is 0.167. The zero-order valence-corrected chi connectivity index (χ0v) is 11.2. The molecule has 0 atom stereocenters. The van der Waals surface area contributed by atoms with Gasteiger partial charge in [0.1, 0.15) is 5.82 Å². The number of aromatic nitrogens is 2. The zero-order valence-electron chi connectivity index (χ0n) is 9.57. The molecule has 0 radical (unpaired) electrons. The molecule has 6 heteroatoms. The van der Waals surface area contributed by atoms with Crippen LogP contribution in [0, 0.1) is 5.41 Å². The highest BCUT2D eigenvalue weighted by Crippen LogP contribution is 2.32. The van der Waals surface area contributed by atoms with Gasteiger partial charge < -0.3 is 11.1 Å². The molecule has 1 aliphatic heterocycles. The molecule has 1 aromatic heterocycles. The lowest BCUT2D eigenvalue weighted by Crippen LogP contribution is -2.23. The maximum Gasteiger partial charge on any atom is 0.215 e. The Morgan fingerprint density at radius 3 is 2.78 bits per heavy atom. The average Bonchev–Trinajstić information content (AvgIpc) is 2.91. The van der Waals surface area contributed by atoms with Crippen molar-refractivity contribution in [1.82, 2.24) is 9.78 Å². The predicted molar refractivity (Wildman–Crippen MR) is 74.9 cm³/mol. The van der Waals surface area contributed by atoms with Gasteiger partial charge in [-0.2, -0.15) is 9.78 Å². The van der Waals surface area contributed by atoms with Gasteiger partial charge in [0.15, 0.2) is 0 Å². The second-order valence-electron chi connectivity index (χ2n) is 4.16. The number of nitrogen functional groups attached to an aromatic ring is 1. The van der Waals surface area contributed by atoms with E-state index in [9.17, 15) is 0 Å². The number of rotatable bonds is 1. The van der Waals surface area contributed by atoms with Crippen LogP contribution >= 0.6 is 15.9 Å². The molecule has 18 heavy (non-hydrogen) atoms. The first-order valence-corrected chi connectivity index (χ1v) is 6.42. The fourth-order valence-corrected chi connectivity index (χ4v) is 2.45. The van der Waals surface area contributed by atoms with Crippen LogP contribution in [0.4, 0.5) is 5.82 Å². The van der Waals surface area contributed by atoms with Crippen molar-refractivity contribution < 1.29 is 0 Å². The maximum atomic E-state index is 7.54. The van der Waals surface area contributed by atoms with Crippen LogP contribution in [0.25, 0.3) is 11.3 Å². The van der Waals surface area contributed by atoms with Crippen molar-refractivity contribution in [2.45, 2.75) is 6.42 Å². The van der Waals surface area contributed by atoms with Gasteiger partial charge in [-0.1, -0.05) is 28.1 Å². The third-order valence-corrected chi connectivity index (χ3v) is 3.53. The molecule has 2 heterocycles. The van der Waals surface area contributed by atoms with Crippen LogP contribution in [0.15, 0.2) is 28.7 Å². The molecule has 0 fully saturated rings. The number of halogens is 1. The highest BCUT2D eigenvalue weighted by Gasteiger charge is 2.23. The predicted octanol–water partition coefficient (Wildman–Crippen LogP) is 2.02. The molecule has 0 unspecified atom stereocenters. The second-order valence-corrected chi connectivity index (χ2v) is 5.07. The number of nitrogens with zero attached hydrogens (tertiary/aromatic N) is 2. The standard InChI is InChI=1S/C12H12BrN5/c13-8-3-1-7(2-4-8)10-9-5-6-16-11(9)18(17-10)12(14)15/h1-4,16H,5-6H2,(H3,14,15). The van der Waals surface area contributed by atoms with Crippen LogP contribution in [-0.4, -0.2) is 22.3 Å². The minimum Gasteiger partial charge on any atom is -0.369 e. The molecule has 0 saturated heterocycles. The Kier molecular flexibility index (Phi) is 2.59. The van der Waals surface area contributed by atoms with Gasteiger partial charge in [0.2, 0.25) is 5.96 Å². The van der Waals surface area contributed by atoms with Gasteiger partial charge in [-0.25, -0.2) is 0 Å². The van der Waals surface area contributed by atoms with E-state index in [2.05, 4.69) is 26.3 Å². The molecule has 4 N–H and O–H groups in total. The SMILES string of the molecule is N=C(N)n1nc(-c2ccc(Br)cc2)c2c1NCC2. The van der Waals surface area contributed by atoms with Crippen molar-refractivity contribution in [3.63, 3.8) is 0 Å². The number of fused-ring (bicyclic) bond motifs is 1. The van der Waals surface area contributed by atoms with Crippen LogP contribution in [0.5, 0.6) is 0 Å². The Morgan fingerprint density at radius 2 is 2.11 bits per heavy atom. The van der Waals surface area contributed by atoms with E-state index < -0.39 is 0 Å². The molecule has 5 nitrogen and oxygen atoms in total. The van der Waals surface area contributed by atoms with E-state index in [4.69, 9.17) is 11.1 Å². The largest absolute Gasteiger partial charge is 0.369 e. The summed E-state index contributed by atoms with van der Waals surface area (Å²) in [5.74, 6) is 0.782. The summed E-state index contributed by atoms with van der Waals surface area (Å²) < 4.78 is 2.49. The number of hydrogen-bond donors (Lipinski definition) is 3. The van der Waals surface area contributed by atoms with Gasteiger partial charge in [-0.05, 0) is 18.6 Å². The number of hydrogen-bond acceptors (Lipinski definition) is 3. The maximum absolute atomic E-state index is 7.54. The Morgan fingerprint density at radius 1 is 1.39 bits per heavy atom. The topological polar surface area (TPSA) is 79.7 Å². The first-order valence-electron chi connectivity index (χ1n) is 5.63. The molecular weight excluding hydrogens is 294 g/mol. The highest BCUT2D eigenvalue weighted by molar-refractivity contribution is 9.10. The molecule has 0 bridgehead atoms. The minimum atomic E-state index is -0.0657. The van der Waals surface area contributed by atoms with Gasteiger partial charge in [-0.15, -0.1) is 0 Å². The van der Waals surface area contributed by atoms with Gasteiger partial charge in [0.05, 0.1) is 5.69 Å². The van der Waals surface area contributed by atoms with Crippen molar-refractivity contribution in [2.75, 3.05) is 11.9 Å². The normalized spacial score (nSPS) is 13.2. The molecule has 1 aromatic carbocycles. The Labute approximate surface area is 113 Å². The molecule has 0 aliphatic carbocycles. The lowest BCUT2D eigenvalue weighted by atomic mass is 10.1. The molecule has 1 aliphatic rings. The molecule has 2 aromatic rings. The van der Waals surface area contributed by atoms with Crippen molar-refractivity contribution in [2.24, 2.45) is 5.73 Å². The number of benzene rings is 1. The molecule has 0 amide bonds. The summed E-state index contributed by atoms with van der Waals surface area (Å²) in [6.07, 6.45) is 0.911. The van der Waals surface area contributed by atoms with E-state index in [1.54, 1.807) is 0 Å². The van der Waals surface area contributed by atoms with E-state index in [1.807, 2.05) is 24.3 Å². The molecular formula is C12H12BrN5. The zero-order chi connectivity index (χ0) is 12.7. The monoisotopic (exact) mass is 305 g/mol. The average molecular weight is 306 g/mol. The lowest BCUT2D eigenvalue weighted by molar-refractivity contribution is 0.910. The molecule has 0 saturated carbocycles. The second kappa shape index (κ2) is 4.13. The third-order valence-electron chi connectivity index (χ3n) is 3.00. The summed E-state index contributed by atoms with van der Waals surface area (Å²) in [4.78, 5) is 0. The summed E-state index contributed by atoms with van der Waals surface area (Å²) >= 11 is 3.42. The van der Waals surface area contributed by atoms with Crippen molar-refractivity contribution in [1.29, 1.82) is 5.41 Å². The third kappa shape index (κ3) is 1.69. The minimum absolute atomic E-state index is 0.0657. The van der Waals surface area contributed by atoms with Gasteiger partial charge in [0.25, 0.3) is 0 Å². The van der Waals surface area contributed by atoms with Crippen LogP contribution in [0.3, 0.4) is 0 Å². The molecule has 92 valence electrons. The van der Waals surface area contributed by atoms with E-state index in [0.717, 1.165) is 40.1 Å². The Bertz CT molecular complexity index is 614. The number of nitrogens with one attached hydrogen (secondary N) is 2. The van der Waals surface area contributed by atoms with Crippen LogP contribution in [0.2, 0.25) is 0 Å². The Balaban J connectivity index is 2.15. The van der Waals surface area contributed by atoms with E-state index in [1.165, 1.54) is 4.68 Å². The number of nitrogens with two attached hydrogens (primary N) is 1. The van der Waals surface area contributed by atoms with E-state index >= 15 is 0 Å². The van der Waals surface area contributed by atoms with Gasteiger partial charge in [-0.3, -0.25) is 5.41 Å². The smallest absolute Gasteiger partial charge is 0.215 e. The summed E-state index contributed by atoms with van der Waals surface area (Å²) in [6, 6.07) is 7.98. The summed E-state index contributed by atoms with van der Waals surface area (Å²) in [5, 5.41) is 15.2. The van der Waals surface area contributed by atoms with Gasteiger partial charge >= 0.3 is 0 Å². The highest BCUT2D eigenvalue weighted by atomic mass is 79.9.